The van der Waals surface area contributed by atoms with E-state index in [0.717, 1.165) is 11.1 Å². The molecular weight excluding hydrogens is 260 g/mol. The average Bonchev–Trinajstić information content (AvgIpc) is 2.51. The second-order valence-electron chi connectivity index (χ2n) is 5.89. The first-order chi connectivity index (χ1) is 10.1. The summed E-state index contributed by atoms with van der Waals surface area (Å²) in [6.07, 6.45) is 2.78. The first kappa shape index (κ1) is 13.6. The largest absolute Gasteiger partial charge is 0.492 e. The fourth-order valence-electron chi connectivity index (χ4n) is 2.67. The van der Waals surface area contributed by atoms with Crippen molar-refractivity contribution in [3.63, 3.8) is 0 Å². The molecule has 0 radical (unpaired) electrons. The quantitative estimate of drug-likeness (QED) is 0.806. The van der Waals surface area contributed by atoms with Crippen molar-refractivity contribution in [1.29, 1.82) is 0 Å². The molecule has 2 nitrogen and oxygen atoms in total. The number of ketones is 1. The molecule has 1 aliphatic heterocycles. The van der Waals surface area contributed by atoms with E-state index in [1.165, 1.54) is 17.9 Å². The highest BCUT2D eigenvalue weighted by Gasteiger charge is 2.39. The number of benzene rings is 2. The summed E-state index contributed by atoms with van der Waals surface area (Å²) < 4.78 is 5.69. The van der Waals surface area contributed by atoms with Gasteiger partial charge in [0.1, 0.15) is 6.10 Å². The van der Waals surface area contributed by atoms with Gasteiger partial charge in [-0.15, -0.1) is 0 Å². The number of rotatable bonds is 2. The predicted octanol–water partition coefficient (Wildman–Crippen LogP) is 4.53. The molecule has 0 fully saturated rings. The summed E-state index contributed by atoms with van der Waals surface area (Å²) in [6, 6.07) is 18.5. The Bertz CT molecular complexity index is 666. The van der Waals surface area contributed by atoms with Crippen LogP contribution in [0, 0.1) is 5.41 Å². The molecule has 2 aromatic carbocycles. The molecule has 0 unspecified atom stereocenters. The van der Waals surface area contributed by atoms with Gasteiger partial charge < -0.3 is 4.74 Å². The molecule has 0 saturated carbocycles. The van der Waals surface area contributed by atoms with Gasteiger partial charge in [-0.05, 0) is 30.5 Å². The standard InChI is InChI=1S/C19H18O2/c1-19(2)17(20)12-13-21-18(19)16-10-8-15(9-11-16)14-6-4-3-5-7-14/h3-13,18H,1-2H3/t18-/m1/s1. The van der Waals surface area contributed by atoms with Gasteiger partial charge in [0.15, 0.2) is 5.78 Å². The summed E-state index contributed by atoms with van der Waals surface area (Å²) in [7, 11) is 0. The fraction of sp³-hybridized carbons (Fsp3) is 0.211. The van der Waals surface area contributed by atoms with Gasteiger partial charge in [-0.2, -0.15) is 0 Å². The number of carbonyl (C=O) groups excluding carboxylic acids is 1. The third-order valence-electron chi connectivity index (χ3n) is 4.05. The van der Waals surface area contributed by atoms with E-state index < -0.39 is 5.41 Å². The van der Waals surface area contributed by atoms with Gasteiger partial charge in [-0.25, -0.2) is 0 Å². The summed E-state index contributed by atoms with van der Waals surface area (Å²) in [5.41, 5.74) is 2.83. The van der Waals surface area contributed by atoms with Crippen LogP contribution in [-0.2, 0) is 9.53 Å². The maximum Gasteiger partial charge on any atom is 0.168 e. The van der Waals surface area contributed by atoms with Crippen molar-refractivity contribution in [2.45, 2.75) is 20.0 Å². The summed E-state index contributed by atoms with van der Waals surface area (Å²) in [4.78, 5) is 12.0. The molecule has 1 heterocycles. The monoisotopic (exact) mass is 278 g/mol. The minimum atomic E-state index is -0.539. The molecule has 0 spiro atoms. The first-order valence-corrected chi connectivity index (χ1v) is 7.11. The second kappa shape index (κ2) is 5.21. The van der Waals surface area contributed by atoms with Gasteiger partial charge in [0.2, 0.25) is 0 Å². The Morgan fingerprint density at radius 2 is 1.52 bits per heavy atom. The summed E-state index contributed by atoms with van der Waals surface area (Å²) in [5.74, 6) is 0.103. The minimum Gasteiger partial charge on any atom is -0.492 e. The lowest BCUT2D eigenvalue weighted by Gasteiger charge is -2.34. The van der Waals surface area contributed by atoms with Crippen LogP contribution in [0.1, 0.15) is 25.5 Å². The van der Waals surface area contributed by atoms with Gasteiger partial charge in [0.05, 0.1) is 11.7 Å². The minimum absolute atomic E-state index is 0.103. The van der Waals surface area contributed by atoms with Crippen LogP contribution in [0.5, 0.6) is 0 Å². The van der Waals surface area contributed by atoms with Crippen LogP contribution in [0.3, 0.4) is 0 Å². The van der Waals surface area contributed by atoms with Crippen LogP contribution in [0.15, 0.2) is 66.9 Å². The third kappa shape index (κ3) is 2.49. The molecule has 1 aliphatic rings. The Morgan fingerprint density at radius 1 is 0.905 bits per heavy atom. The van der Waals surface area contributed by atoms with E-state index in [2.05, 4.69) is 24.3 Å². The van der Waals surface area contributed by atoms with Crippen LogP contribution in [0.2, 0.25) is 0 Å². The van der Waals surface area contributed by atoms with Crippen molar-refractivity contribution in [2.75, 3.05) is 0 Å². The zero-order chi connectivity index (χ0) is 14.9. The Kier molecular flexibility index (Phi) is 3.38. The lowest BCUT2D eigenvalue weighted by Crippen LogP contribution is -2.33. The van der Waals surface area contributed by atoms with Gasteiger partial charge in [-0.3, -0.25) is 4.79 Å². The van der Waals surface area contributed by atoms with E-state index in [1.54, 1.807) is 0 Å². The molecule has 0 aromatic heterocycles. The molecule has 0 bridgehead atoms. The molecule has 0 aliphatic carbocycles. The number of allylic oxidation sites excluding steroid dienone is 1. The molecule has 1 atom stereocenters. The van der Waals surface area contributed by atoms with E-state index >= 15 is 0 Å². The van der Waals surface area contributed by atoms with E-state index in [4.69, 9.17) is 4.74 Å². The van der Waals surface area contributed by atoms with E-state index in [9.17, 15) is 4.79 Å². The van der Waals surface area contributed by atoms with Gasteiger partial charge in [0, 0.05) is 6.08 Å². The Balaban J connectivity index is 1.91. The summed E-state index contributed by atoms with van der Waals surface area (Å²) in [6.45, 7) is 3.85. The molecule has 0 N–H and O–H groups in total. The van der Waals surface area contributed by atoms with Crippen molar-refractivity contribution in [1.82, 2.24) is 0 Å². The smallest absolute Gasteiger partial charge is 0.168 e. The molecule has 2 heteroatoms. The fourth-order valence-corrected chi connectivity index (χ4v) is 2.67. The number of hydrogen-bond acceptors (Lipinski definition) is 2. The molecule has 3 rings (SSSR count). The predicted molar refractivity (Wildman–Crippen MR) is 83.6 cm³/mol. The van der Waals surface area contributed by atoms with Crippen molar-refractivity contribution >= 4 is 5.78 Å². The van der Waals surface area contributed by atoms with Crippen LogP contribution >= 0.6 is 0 Å². The maximum atomic E-state index is 12.0. The molecule has 0 saturated heterocycles. The average molecular weight is 278 g/mol. The van der Waals surface area contributed by atoms with Crippen LogP contribution in [0.4, 0.5) is 0 Å². The molecular formula is C19H18O2. The SMILES string of the molecule is CC1(C)C(=O)C=CO[C@@H]1c1ccc(-c2ccccc2)cc1. The Labute approximate surface area is 125 Å². The topological polar surface area (TPSA) is 26.3 Å². The van der Waals surface area contributed by atoms with Crippen molar-refractivity contribution in [2.24, 2.45) is 5.41 Å². The lowest BCUT2D eigenvalue weighted by atomic mass is 9.77. The van der Waals surface area contributed by atoms with Gasteiger partial charge >= 0.3 is 0 Å². The van der Waals surface area contributed by atoms with Crippen LogP contribution in [-0.4, -0.2) is 5.78 Å². The van der Waals surface area contributed by atoms with Crippen molar-refractivity contribution < 1.29 is 9.53 Å². The highest BCUT2D eigenvalue weighted by atomic mass is 16.5. The third-order valence-corrected chi connectivity index (χ3v) is 4.05. The first-order valence-electron chi connectivity index (χ1n) is 7.11. The summed E-state index contributed by atoms with van der Waals surface area (Å²) in [5, 5.41) is 0. The molecule has 0 amide bonds. The Hall–Kier alpha value is -2.35. The maximum absolute atomic E-state index is 12.0. The molecule has 106 valence electrons. The van der Waals surface area contributed by atoms with Crippen molar-refractivity contribution in [3.8, 4) is 11.1 Å². The zero-order valence-electron chi connectivity index (χ0n) is 12.2. The van der Waals surface area contributed by atoms with E-state index in [-0.39, 0.29) is 11.9 Å². The zero-order valence-corrected chi connectivity index (χ0v) is 12.2. The van der Waals surface area contributed by atoms with Crippen molar-refractivity contribution in [3.05, 3.63) is 72.5 Å². The highest BCUT2D eigenvalue weighted by Crippen LogP contribution is 2.40. The van der Waals surface area contributed by atoms with Gasteiger partial charge in [0.25, 0.3) is 0 Å². The van der Waals surface area contributed by atoms with E-state index in [0.29, 0.717) is 0 Å². The normalized spacial score (nSPS) is 20.1. The van der Waals surface area contributed by atoms with Crippen LogP contribution in [0.25, 0.3) is 11.1 Å². The van der Waals surface area contributed by atoms with Crippen LogP contribution < -0.4 is 0 Å². The summed E-state index contributed by atoms with van der Waals surface area (Å²) >= 11 is 0. The Morgan fingerprint density at radius 3 is 2.19 bits per heavy atom. The second-order valence-corrected chi connectivity index (χ2v) is 5.89. The molecule has 2 aromatic rings. The lowest BCUT2D eigenvalue weighted by molar-refractivity contribution is -0.131. The van der Waals surface area contributed by atoms with E-state index in [1.807, 2.05) is 44.2 Å². The number of carbonyl (C=O) groups is 1. The molecule has 21 heavy (non-hydrogen) atoms. The highest BCUT2D eigenvalue weighted by molar-refractivity contribution is 5.95. The number of ether oxygens (including phenoxy) is 1. The number of hydrogen-bond donors (Lipinski definition) is 0. The van der Waals surface area contributed by atoms with Gasteiger partial charge in [-0.1, -0.05) is 54.6 Å².